The van der Waals surface area contributed by atoms with Crippen molar-refractivity contribution in [1.82, 2.24) is 9.80 Å². The Balaban J connectivity index is 1.38. The van der Waals surface area contributed by atoms with Crippen molar-refractivity contribution in [3.8, 4) is 17.6 Å². The number of piperazine rings is 1. The Morgan fingerprint density at radius 3 is 2.50 bits per heavy atom. The number of nitriles is 1. The number of ether oxygens (including phenoxy) is 2. The maximum absolute atomic E-state index is 12.4. The van der Waals surface area contributed by atoms with Crippen LogP contribution in [0.25, 0.3) is 0 Å². The summed E-state index contributed by atoms with van der Waals surface area (Å²) in [6, 6.07) is 16.4. The summed E-state index contributed by atoms with van der Waals surface area (Å²) < 4.78 is 10.9. The largest absolute Gasteiger partial charge is 0.497 e. The summed E-state index contributed by atoms with van der Waals surface area (Å²) in [5.74, 6) is 1.62. The number of benzene rings is 2. The second-order valence-corrected chi connectivity index (χ2v) is 6.48. The Hall–Kier alpha value is -3.24. The number of anilines is 1. The minimum absolute atomic E-state index is 0.135. The first-order valence-electron chi connectivity index (χ1n) is 9.23. The summed E-state index contributed by atoms with van der Waals surface area (Å²) in [7, 11) is 1.64. The van der Waals surface area contributed by atoms with E-state index in [0.29, 0.717) is 30.9 Å². The van der Waals surface area contributed by atoms with Gasteiger partial charge in [0.25, 0.3) is 0 Å². The van der Waals surface area contributed by atoms with E-state index in [4.69, 9.17) is 14.7 Å². The lowest BCUT2D eigenvalue weighted by Gasteiger charge is -2.34. The highest BCUT2D eigenvalue weighted by Crippen LogP contribution is 2.17. The van der Waals surface area contributed by atoms with Crippen molar-refractivity contribution in [2.24, 2.45) is 0 Å². The Morgan fingerprint density at radius 2 is 1.82 bits per heavy atom. The highest BCUT2D eigenvalue weighted by Gasteiger charge is 2.21. The first-order valence-corrected chi connectivity index (χ1v) is 9.23. The molecule has 2 aromatic rings. The van der Waals surface area contributed by atoms with E-state index in [2.05, 4.69) is 16.3 Å². The number of carbonyl (C=O) groups is 1. The molecule has 2 amide bonds. The number of rotatable bonds is 6. The zero-order chi connectivity index (χ0) is 19.8. The van der Waals surface area contributed by atoms with Crippen molar-refractivity contribution in [3.63, 3.8) is 0 Å². The van der Waals surface area contributed by atoms with Crippen LogP contribution in [-0.4, -0.2) is 62.3 Å². The topological polar surface area (TPSA) is 77.8 Å². The lowest BCUT2D eigenvalue weighted by molar-refractivity contribution is 0.132. The number of nitrogens with one attached hydrogen (secondary N) is 1. The first-order chi connectivity index (χ1) is 13.7. The summed E-state index contributed by atoms with van der Waals surface area (Å²) >= 11 is 0. The van der Waals surface area contributed by atoms with Gasteiger partial charge in [-0.3, -0.25) is 4.90 Å². The molecule has 7 nitrogen and oxygen atoms in total. The molecule has 2 aromatic carbocycles. The van der Waals surface area contributed by atoms with E-state index in [1.807, 2.05) is 24.3 Å². The van der Waals surface area contributed by atoms with Crippen LogP contribution in [0.3, 0.4) is 0 Å². The third-order valence-corrected chi connectivity index (χ3v) is 4.64. The fraction of sp³-hybridized carbons (Fsp3) is 0.333. The third kappa shape index (κ3) is 5.38. The molecule has 0 radical (unpaired) electrons. The predicted molar refractivity (Wildman–Crippen MR) is 107 cm³/mol. The average molecular weight is 380 g/mol. The lowest BCUT2D eigenvalue weighted by Crippen LogP contribution is -2.50. The standard InChI is InChI=1S/C21H24N4O3/c1-27-19-5-7-20(8-6-19)28-14-13-24-9-11-25(12-10-24)21(26)23-18-4-2-3-17(15-18)16-22/h2-8,15H,9-14H2,1H3,(H,23,26). The molecule has 3 rings (SSSR count). The molecule has 1 fully saturated rings. The summed E-state index contributed by atoms with van der Waals surface area (Å²) in [5.41, 5.74) is 1.17. The van der Waals surface area contributed by atoms with Gasteiger partial charge in [-0.25, -0.2) is 4.79 Å². The molecule has 7 heteroatoms. The number of carbonyl (C=O) groups excluding carboxylic acids is 1. The molecular formula is C21H24N4O3. The molecule has 0 saturated carbocycles. The molecule has 0 unspecified atom stereocenters. The van der Waals surface area contributed by atoms with E-state index in [9.17, 15) is 4.79 Å². The Morgan fingerprint density at radius 1 is 1.11 bits per heavy atom. The van der Waals surface area contributed by atoms with Gasteiger partial charge in [0.2, 0.25) is 0 Å². The van der Waals surface area contributed by atoms with Gasteiger partial charge < -0.3 is 19.7 Å². The fourth-order valence-corrected chi connectivity index (χ4v) is 3.01. The Bertz CT molecular complexity index is 824. The SMILES string of the molecule is COc1ccc(OCCN2CCN(C(=O)Nc3cccc(C#N)c3)CC2)cc1. The highest BCUT2D eigenvalue weighted by atomic mass is 16.5. The van der Waals surface area contributed by atoms with Crippen LogP contribution in [0.5, 0.6) is 11.5 Å². The molecule has 1 aliphatic rings. The van der Waals surface area contributed by atoms with E-state index in [1.54, 1.807) is 36.3 Å². The summed E-state index contributed by atoms with van der Waals surface area (Å²) in [6.45, 7) is 4.33. The predicted octanol–water partition coefficient (Wildman–Crippen LogP) is 2.80. The third-order valence-electron chi connectivity index (χ3n) is 4.64. The molecule has 0 spiro atoms. The van der Waals surface area contributed by atoms with Crippen LogP contribution in [0.2, 0.25) is 0 Å². The average Bonchev–Trinajstić information content (AvgIpc) is 2.75. The highest BCUT2D eigenvalue weighted by molar-refractivity contribution is 5.89. The van der Waals surface area contributed by atoms with Crippen molar-refractivity contribution in [3.05, 3.63) is 54.1 Å². The van der Waals surface area contributed by atoms with Crippen LogP contribution in [0.15, 0.2) is 48.5 Å². The molecule has 0 aliphatic carbocycles. The van der Waals surface area contributed by atoms with E-state index < -0.39 is 0 Å². The van der Waals surface area contributed by atoms with Crippen LogP contribution in [0.4, 0.5) is 10.5 Å². The molecular weight excluding hydrogens is 356 g/mol. The normalized spacial score (nSPS) is 14.2. The van der Waals surface area contributed by atoms with E-state index in [0.717, 1.165) is 31.1 Å². The van der Waals surface area contributed by atoms with Gasteiger partial charge in [0.05, 0.1) is 18.7 Å². The second kappa shape index (κ2) is 9.62. The summed E-state index contributed by atoms with van der Waals surface area (Å²) in [5, 5.41) is 11.8. The number of urea groups is 1. The quantitative estimate of drug-likeness (QED) is 0.834. The molecule has 1 N–H and O–H groups in total. The van der Waals surface area contributed by atoms with Crippen LogP contribution >= 0.6 is 0 Å². The second-order valence-electron chi connectivity index (χ2n) is 6.48. The summed E-state index contributed by atoms with van der Waals surface area (Å²) in [6.07, 6.45) is 0. The zero-order valence-corrected chi connectivity index (χ0v) is 15.9. The zero-order valence-electron chi connectivity index (χ0n) is 15.9. The van der Waals surface area contributed by atoms with Crippen LogP contribution in [-0.2, 0) is 0 Å². The van der Waals surface area contributed by atoms with Crippen molar-refractivity contribution in [1.29, 1.82) is 5.26 Å². The molecule has 1 saturated heterocycles. The van der Waals surface area contributed by atoms with Gasteiger partial charge >= 0.3 is 6.03 Å². The first kappa shape index (κ1) is 19.5. The van der Waals surface area contributed by atoms with Gasteiger partial charge in [0.15, 0.2) is 0 Å². The monoisotopic (exact) mass is 380 g/mol. The van der Waals surface area contributed by atoms with E-state index in [-0.39, 0.29) is 6.03 Å². The number of hydrogen-bond donors (Lipinski definition) is 1. The van der Waals surface area contributed by atoms with Gasteiger partial charge in [-0.05, 0) is 42.5 Å². The smallest absolute Gasteiger partial charge is 0.321 e. The number of amides is 2. The minimum atomic E-state index is -0.135. The maximum atomic E-state index is 12.4. The van der Waals surface area contributed by atoms with E-state index in [1.165, 1.54) is 0 Å². The molecule has 1 heterocycles. The van der Waals surface area contributed by atoms with Gasteiger partial charge in [-0.1, -0.05) is 6.07 Å². The molecule has 1 aliphatic heterocycles. The maximum Gasteiger partial charge on any atom is 0.321 e. The van der Waals surface area contributed by atoms with Gasteiger partial charge in [0.1, 0.15) is 18.1 Å². The number of methoxy groups -OCH3 is 1. The summed E-state index contributed by atoms with van der Waals surface area (Å²) in [4.78, 5) is 16.5. The van der Waals surface area contributed by atoms with Crippen molar-refractivity contribution in [2.75, 3.05) is 51.8 Å². The minimum Gasteiger partial charge on any atom is -0.497 e. The van der Waals surface area contributed by atoms with Crippen molar-refractivity contribution >= 4 is 11.7 Å². The van der Waals surface area contributed by atoms with Gasteiger partial charge in [0, 0.05) is 38.4 Å². The van der Waals surface area contributed by atoms with Crippen LogP contribution < -0.4 is 14.8 Å². The molecule has 28 heavy (non-hydrogen) atoms. The van der Waals surface area contributed by atoms with Crippen molar-refractivity contribution < 1.29 is 14.3 Å². The molecule has 0 aromatic heterocycles. The molecule has 146 valence electrons. The number of hydrogen-bond acceptors (Lipinski definition) is 5. The van der Waals surface area contributed by atoms with Gasteiger partial charge in [-0.2, -0.15) is 5.26 Å². The number of nitrogens with zero attached hydrogens (tertiary/aromatic N) is 3. The lowest BCUT2D eigenvalue weighted by atomic mass is 10.2. The molecule has 0 atom stereocenters. The van der Waals surface area contributed by atoms with Crippen LogP contribution in [0.1, 0.15) is 5.56 Å². The van der Waals surface area contributed by atoms with Crippen LogP contribution in [0, 0.1) is 11.3 Å². The van der Waals surface area contributed by atoms with E-state index >= 15 is 0 Å². The van der Waals surface area contributed by atoms with Crippen molar-refractivity contribution in [2.45, 2.75) is 0 Å². The van der Waals surface area contributed by atoms with Gasteiger partial charge in [-0.15, -0.1) is 0 Å². The molecule has 0 bridgehead atoms. The Labute approximate surface area is 165 Å². The Kier molecular flexibility index (Phi) is 6.71. The fourth-order valence-electron chi connectivity index (χ4n) is 3.01.